The van der Waals surface area contributed by atoms with E-state index >= 15 is 0 Å². The van der Waals surface area contributed by atoms with Crippen LogP contribution in [-0.4, -0.2) is 43.6 Å². The summed E-state index contributed by atoms with van der Waals surface area (Å²) in [6, 6.07) is 0. The molecule has 1 saturated heterocycles. The van der Waals surface area contributed by atoms with Crippen molar-refractivity contribution < 1.29 is 14.9 Å². The lowest BCUT2D eigenvalue weighted by molar-refractivity contribution is -0.0462. The number of anilines is 1. The molecule has 0 bridgehead atoms. The summed E-state index contributed by atoms with van der Waals surface area (Å²) in [5.74, 6) is -0.112. The van der Waals surface area contributed by atoms with Crippen molar-refractivity contribution >= 4 is 5.95 Å². The number of ether oxygens (including phenoxy) is 1. The predicted octanol–water partition coefficient (Wildman–Crippen LogP) is -2.14. The van der Waals surface area contributed by atoms with Gasteiger partial charge in [-0.3, -0.25) is 4.57 Å². The molecule has 0 aromatic carbocycles. The molecule has 1 fully saturated rings. The van der Waals surface area contributed by atoms with Gasteiger partial charge in [0.2, 0.25) is 5.95 Å². The van der Waals surface area contributed by atoms with E-state index < -0.39 is 24.1 Å². The molecule has 2 rings (SSSR count). The van der Waals surface area contributed by atoms with Crippen LogP contribution in [-0.2, 0) is 4.74 Å². The van der Waals surface area contributed by atoms with Crippen molar-refractivity contribution in [1.82, 2.24) is 14.5 Å². The Morgan fingerprint density at radius 1 is 1.69 bits per heavy atom. The average molecular weight is 228 g/mol. The topological polar surface area (TPSA) is 123 Å². The molecule has 0 amide bonds. The molecule has 4 N–H and O–H groups in total. The number of hydrogen-bond acceptors (Lipinski definition) is 7. The molecule has 0 aliphatic carbocycles. The fourth-order valence-corrected chi connectivity index (χ4v) is 1.60. The highest BCUT2D eigenvalue weighted by Gasteiger charge is 2.35. The molecule has 0 saturated carbocycles. The Balaban J connectivity index is 2.23. The second kappa shape index (κ2) is 4.16. The highest BCUT2D eigenvalue weighted by Crippen LogP contribution is 2.26. The number of hydrogen-bond donors (Lipinski definition) is 3. The van der Waals surface area contributed by atoms with Crippen molar-refractivity contribution in [2.75, 3.05) is 12.3 Å². The predicted molar refractivity (Wildman–Crippen MR) is 52.3 cm³/mol. The Kier molecular flexibility index (Phi) is 2.86. The minimum atomic E-state index is -0.806. The Morgan fingerprint density at radius 2 is 2.44 bits per heavy atom. The molecule has 1 unspecified atom stereocenters. The fourth-order valence-electron chi connectivity index (χ4n) is 1.60. The third-order valence-electron chi connectivity index (χ3n) is 2.44. The summed E-state index contributed by atoms with van der Waals surface area (Å²) in [6.07, 6.45) is -0.741. The highest BCUT2D eigenvalue weighted by molar-refractivity contribution is 5.09. The van der Waals surface area contributed by atoms with Gasteiger partial charge in [0, 0.05) is 6.42 Å². The zero-order chi connectivity index (χ0) is 11.7. The lowest BCUT2D eigenvalue weighted by Crippen LogP contribution is -2.28. The summed E-state index contributed by atoms with van der Waals surface area (Å²) < 4.78 is 6.41. The van der Waals surface area contributed by atoms with Gasteiger partial charge in [0.1, 0.15) is 18.7 Å². The van der Waals surface area contributed by atoms with Gasteiger partial charge in [-0.05, 0) is 0 Å². The van der Waals surface area contributed by atoms with E-state index in [1.54, 1.807) is 0 Å². The van der Waals surface area contributed by atoms with Crippen molar-refractivity contribution in [2.45, 2.75) is 24.9 Å². The van der Waals surface area contributed by atoms with Gasteiger partial charge in [0.15, 0.2) is 0 Å². The Hall–Kier alpha value is -1.51. The van der Waals surface area contributed by atoms with Crippen LogP contribution in [0.25, 0.3) is 0 Å². The number of nitrogen functional groups attached to an aromatic ring is 1. The first-order valence-electron chi connectivity index (χ1n) is 4.77. The van der Waals surface area contributed by atoms with Crippen LogP contribution in [0.4, 0.5) is 5.95 Å². The summed E-state index contributed by atoms with van der Waals surface area (Å²) in [6.45, 7) is -0.303. The van der Waals surface area contributed by atoms with Gasteiger partial charge in [-0.15, -0.1) is 0 Å². The SMILES string of the molecule is Nc1ncn([C@@H]2CC(O)[C@@H](CO)O2)c(=O)n1. The van der Waals surface area contributed by atoms with Crippen LogP contribution in [0.1, 0.15) is 12.6 Å². The van der Waals surface area contributed by atoms with Gasteiger partial charge >= 0.3 is 5.69 Å². The van der Waals surface area contributed by atoms with Crippen molar-refractivity contribution in [3.8, 4) is 0 Å². The fraction of sp³-hybridized carbons (Fsp3) is 0.625. The van der Waals surface area contributed by atoms with E-state index in [0.29, 0.717) is 0 Å². The molecular weight excluding hydrogens is 216 g/mol. The minimum absolute atomic E-state index is 0.112. The van der Waals surface area contributed by atoms with Crippen LogP contribution in [0, 0.1) is 0 Å². The third-order valence-corrected chi connectivity index (χ3v) is 2.44. The zero-order valence-corrected chi connectivity index (χ0v) is 8.35. The highest BCUT2D eigenvalue weighted by atomic mass is 16.5. The Labute approximate surface area is 90.3 Å². The number of aliphatic hydroxyl groups excluding tert-OH is 2. The molecule has 0 radical (unpaired) electrons. The van der Waals surface area contributed by atoms with E-state index in [0.717, 1.165) is 4.57 Å². The van der Waals surface area contributed by atoms with E-state index in [2.05, 4.69) is 9.97 Å². The van der Waals surface area contributed by atoms with Crippen LogP contribution in [0.2, 0.25) is 0 Å². The van der Waals surface area contributed by atoms with Crippen LogP contribution in [0.15, 0.2) is 11.1 Å². The first-order valence-corrected chi connectivity index (χ1v) is 4.77. The first-order chi connectivity index (χ1) is 7.61. The molecule has 8 heteroatoms. The van der Waals surface area contributed by atoms with Crippen molar-refractivity contribution in [3.63, 3.8) is 0 Å². The summed E-state index contributed by atoms with van der Waals surface area (Å²) in [5.41, 5.74) is 4.65. The lowest BCUT2D eigenvalue weighted by atomic mass is 10.2. The van der Waals surface area contributed by atoms with Gasteiger partial charge in [-0.2, -0.15) is 4.98 Å². The molecule has 0 spiro atoms. The smallest absolute Gasteiger partial charge is 0.354 e. The van der Waals surface area contributed by atoms with Crippen LogP contribution < -0.4 is 11.4 Å². The van der Waals surface area contributed by atoms with Gasteiger partial charge in [0.25, 0.3) is 0 Å². The Morgan fingerprint density at radius 3 is 3.00 bits per heavy atom. The maximum atomic E-state index is 11.4. The second-order valence-electron chi connectivity index (χ2n) is 3.52. The molecule has 88 valence electrons. The number of nitrogens with zero attached hydrogens (tertiary/aromatic N) is 3. The summed E-state index contributed by atoms with van der Waals surface area (Å²) in [4.78, 5) is 18.5. The molecule has 1 aromatic heterocycles. The Bertz CT molecular complexity index is 434. The normalized spacial score (nSPS) is 29.5. The molecule has 1 aromatic rings. The number of aromatic nitrogens is 3. The molecule has 16 heavy (non-hydrogen) atoms. The van der Waals surface area contributed by atoms with Crippen LogP contribution in [0.3, 0.4) is 0 Å². The maximum absolute atomic E-state index is 11.4. The van der Waals surface area contributed by atoms with Gasteiger partial charge < -0.3 is 20.7 Å². The number of aliphatic hydroxyl groups is 2. The third kappa shape index (κ3) is 1.90. The largest absolute Gasteiger partial charge is 0.394 e. The molecular formula is C8H12N4O4. The van der Waals surface area contributed by atoms with Crippen molar-refractivity contribution in [1.29, 1.82) is 0 Å². The van der Waals surface area contributed by atoms with Gasteiger partial charge in [-0.1, -0.05) is 0 Å². The standard InChI is InChI=1S/C8H12N4O4/c9-7-10-3-12(8(15)11-7)6-1-4(14)5(2-13)16-6/h3-6,13-14H,1-2H2,(H2,9,11,15)/t4?,5-,6+/m1/s1. The maximum Gasteiger partial charge on any atom is 0.354 e. The molecule has 1 aliphatic heterocycles. The number of nitrogens with two attached hydrogens (primary N) is 1. The van der Waals surface area contributed by atoms with E-state index in [9.17, 15) is 9.90 Å². The lowest BCUT2D eigenvalue weighted by Gasteiger charge is -2.13. The van der Waals surface area contributed by atoms with Crippen molar-refractivity contribution in [3.05, 3.63) is 16.8 Å². The van der Waals surface area contributed by atoms with E-state index in [4.69, 9.17) is 15.6 Å². The van der Waals surface area contributed by atoms with Gasteiger partial charge in [0.05, 0.1) is 12.7 Å². The average Bonchev–Trinajstić information content (AvgIpc) is 2.59. The van der Waals surface area contributed by atoms with E-state index in [-0.39, 0.29) is 19.0 Å². The molecule has 2 heterocycles. The van der Waals surface area contributed by atoms with Crippen molar-refractivity contribution in [2.24, 2.45) is 0 Å². The molecule has 3 atom stereocenters. The van der Waals surface area contributed by atoms with Crippen LogP contribution in [0.5, 0.6) is 0 Å². The summed E-state index contributed by atoms with van der Waals surface area (Å²) in [5, 5.41) is 18.4. The summed E-state index contributed by atoms with van der Waals surface area (Å²) in [7, 11) is 0. The van der Waals surface area contributed by atoms with Crippen LogP contribution >= 0.6 is 0 Å². The summed E-state index contributed by atoms with van der Waals surface area (Å²) >= 11 is 0. The minimum Gasteiger partial charge on any atom is -0.394 e. The quantitative estimate of drug-likeness (QED) is 0.527. The monoisotopic (exact) mass is 228 g/mol. The molecule has 8 nitrogen and oxygen atoms in total. The van der Waals surface area contributed by atoms with E-state index in [1.807, 2.05) is 0 Å². The van der Waals surface area contributed by atoms with E-state index in [1.165, 1.54) is 6.33 Å². The number of rotatable bonds is 2. The molecule has 1 aliphatic rings. The van der Waals surface area contributed by atoms with Gasteiger partial charge in [-0.25, -0.2) is 9.78 Å². The second-order valence-corrected chi connectivity index (χ2v) is 3.52. The first kappa shape index (κ1) is 11.0. The zero-order valence-electron chi connectivity index (χ0n) is 8.35.